The summed E-state index contributed by atoms with van der Waals surface area (Å²) in [6.07, 6.45) is 8.20. The molecule has 5 rings (SSSR count). The smallest absolute Gasteiger partial charge is 0.142 e. The van der Waals surface area contributed by atoms with Crippen LogP contribution in [0.15, 0.2) is 48.7 Å². The standard InChI is InChI=1S/C22H21ClN4/c23-14-10-11-18-16(12-14)21(25-15-6-2-1-3-7-15)17(13-24-18)22-26-19-8-4-5-9-20(19)27-22/h4-5,8-13,15H,1-3,6-7H2,(H,24,25)(H,26,27). The first-order valence-corrected chi connectivity index (χ1v) is 9.96. The predicted octanol–water partition coefficient (Wildman–Crippen LogP) is 6.18. The lowest BCUT2D eigenvalue weighted by atomic mass is 9.94. The molecule has 27 heavy (non-hydrogen) atoms. The summed E-state index contributed by atoms with van der Waals surface area (Å²) in [5.41, 5.74) is 5.00. The number of rotatable bonds is 3. The summed E-state index contributed by atoms with van der Waals surface area (Å²) in [6, 6.07) is 14.4. The number of halogens is 1. The van der Waals surface area contributed by atoms with Gasteiger partial charge in [0.1, 0.15) is 5.82 Å². The molecule has 0 spiro atoms. The minimum Gasteiger partial charge on any atom is -0.381 e. The Labute approximate surface area is 163 Å². The molecule has 0 unspecified atom stereocenters. The zero-order chi connectivity index (χ0) is 18.2. The van der Waals surface area contributed by atoms with Crippen LogP contribution in [0.5, 0.6) is 0 Å². The number of para-hydroxylation sites is 2. The van der Waals surface area contributed by atoms with Gasteiger partial charge in [-0.05, 0) is 43.2 Å². The van der Waals surface area contributed by atoms with Crippen LogP contribution >= 0.6 is 11.6 Å². The lowest BCUT2D eigenvalue weighted by molar-refractivity contribution is 0.463. The molecule has 0 aliphatic heterocycles. The van der Waals surface area contributed by atoms with E-state index in [1.54, 1.807) is 0 Å². The predicted molar refractivity (Wildman–Crippen MR) is 112 cm³/mol. The van der Waals surface area contributed by atoms with Gasteiger partial charge in [-0.3, -0.25) is 4.98 Å². The minimum atomic E-state index is 0.478. The third-order valence-electron chi connectivity index (χ3n) is 5.43. The largest absolute Gasteiger partial charge is 0.381 e. The number of hydrogen-bond acceptors (Lipinski definition) is 3. The number of imidazole rings is 1. The number of anilines is 1. The Morgan fingerprint density at radius 2 is 1.85 bits per heavy atom. The van der Waals surface area contributed by atoms with Crippen molar-refractivity contribution >= 4 is 39.2 Å². The maximum atomic E-state index is 6.32. The van der Waals surface area contributed by atoms with Crippen molar-refractivity contribution < 1.29 is 0 Å². The monoisotopic (exact) mass is 376 g/mol. The van der Waals surface area contributed by atoms with Gasteiger partial charge in [0.25, 0.3) is 0 Å². The van der Waals surface area contributed by atoms with Crippen molar-refractivity contribution in [1.82, 2.24) is 15.0 Å². The molecule has 0 radical (unpaired) electrons. The maximum Gasteiger partial charge on any atom is 0.142 e. The van der Waals surface area contributed by atoms with Gasteiger partial charge in [-0.2, -0.15) is 0 Å². The molecule has 1 aliphatic carbocycles. The van der Waals surface area contributed by atoms with Crippen LogP contribution in [0.1, 0.15) is 32.1 Å². The zero-order valence-corrected chi connectivity index (χ0v) is 15.8. The average molecular weight is 377 g/mol. The van der Waals surface area contributed by atoms with Crippen molar-refractivity contribution in [3.05, 3.63) is 53.7 Å². The lowest BCUT2D eigenvalue weighted by Crippen LogP contribution is -2.22. The molecule has 4 nitrogen and oxygen atoms in total. The van der Waals surface area contributed by atoms with Crippen LogP contribution in [0.4, 0.5) is 5.69 Å². The number of nitrogens with one attached hydrogen (secondary N) is 2. The second-order valence-corrected chi connectivity index (χ2v) is 7.73. The molecule has 1 aliphatic rings. The van der Waals surface area contributed by atoms with Crippen molar-refractivity contribution in [2.45, 2.75) is 38.1 Å². The SMILES string of the molecule is Clc1ccc2ncc(-c3nc4ccccc4[nH]3)c(NC3CCCCC3)c2c1. The number of benzene rings is 2. The van der Waals surface area contributed by atoms with Gasteiger partial charge in [0.05, 0.1) is 27.8 Å². The second-order valence-electron chi connectivity index (χ2n) is 7.29. The number of fused-ring (bicyclic) bond motifs is 2. The van der Waals surface area contributed by atoms with Gasteiger partial charge < -0.3 is 10.3 Å². The van der Waals surface area contributed by atoms with E-state index in [-0.39, 0.29) is 0 Å². The van der Waals surface area contributed by atoms with Crippen LogP contribution in [0.2, 0.25) is 5.02 Å². The lowest BCUT2D eigenvalue weighted by Gasteiger charge is -2.25. The van der Waals surface area contributed by atoms with Gasteiger partial charge >= 0.3 is 0 Å². The van der Waals surface area contributed by atoms with Crippen LogP contribution in [0.3, 0.4) is 0 Å². The fourth-order valence-electron chi connectivity index (χ4n) is 4.03. The molecular weight excluding hydrogens is 356 g/mol. The molecule has 2 aromatic heterocycles. The summed E-state index contributed by atoms with van der Waals surface area (Å²) < 4.78 is 0. The van der Waals surface area contributed by atoms with E-state index >= 15 is 0 Å². The molecule has 0 amide bonds. The van der Waals surface area contributed by atoms with Crippen molar-refractivity contribution in [1.29, 1.82) is 0 Å². The number of pyridine rings is 1. The van der Waals surface area contributed by atoms with Gasteiger partial charge in [0.15, 0.2) is 0 Å². The Morgan fingerprint density at radius 1 is 1.00 bits per heavy atom. The van der Waals surface area contributed by atoms with Gasteiger partial charge in [-0.1, -0.05) is 43.0 Å². The molecule has 1 fully saturated rings. The van der Waals surface area contributed by atoms with Crippen LogP contribution in [0.25, 0.3) is 33.3 Å². The van der Waals surface area contributed by atoms with Crippen LogP contribution in [0, 0.1) is 0 Å². The summed E-state index contributed by atoms with van der Waals surface area (Å²) in [5.74, 6) is 0.837. The van der Waals surface area contributed by atoms with Crippen LogP contribution < -0.4 is 5.32 Å². The Hall–Kier alpha value is -2.59. The topological polar surface area (TPSA) is 53.6 Å². The van der Waals surface area contributed by atoms with E-state index in [0.29, 0.717) is 6.04 Å². The average Bonchev–Trinajstić information content (AvgIpc) is 3.13. The molecule has 1 saturated carbocycles. The van der Waals surface area contributed by atoms with E-state index in [9.17, 15) is 0 Å². The number of hydrogen-bond donors (Lipinski definition) is 2. The molecule has 0 atom stereocenters. The Morgan fingerprint density at radius 3 is 2.70 bits per heavy atom. The van der Waals surface area contributed by atoms with Crippen LogP contribution in [-0.4, -0.2) is 21.0 Å². The molecule has 4 aromatic rings. The quantitative estimate of drug-likeness (QED) is 0.449. The van der Waals surface area contributed by atoms with Crippen molar-refractivity contribution in [3.8, 4) is 11.4 Å². The maximum absolute atomic E-state index is 6.32. The molecular formula is C22H21ClN4. The minimum absolute atomic E-state index is 0.478. The summed E-state index contributed by atoms with van der Waals surface area (Å²) >= 11 is 6.32. The highest BCUT2D eigenvalue weighted by molar-refractivity contribution is 6.31. The molecule has 0 bridgehead atoms. The van der Waals surface area contributed by atoms with Crippen molar-refractivity contribution in [3.63, 3.8) is 0 Å². The highest BCUT2D eigenvalue weighted by atomic mass is 35.5. The van der Waals surface area contributed by atoms with Crippen molar-refractivity contribution in [2.24, 2.45) is 0 Å². The highest BCUT2D eigenvalue weighted by Crippen LogP contribution is 2.36. The number of aromatic nitrogens is 3. The molecule has 2 N–H and O–H groups in total. The van der Waals surface area contributed by atoms with E-state index in [4.69, 9.17) is 16.6 Å². The van der Waals surface area contributed by atoms with E-state index in [1.807, 2.05) is 48.7 Å². The Kier molecular flexibility index (Phi) is 4.21. The van der Waals surface area contributed by atoms with Gasteiger partial charge in [0.2, 0.25) is 0 Å². The van der Waals surface area contributed by atoms with Crippen molar-refractivity contribution in [2.75, 3.05) is 5.32 Å². The van der Waals surface area contributed by atoms with Gasteiger partial charge in [-0.25, -0.2) is 4.98 Å². The second kappa shape index (κ2) is 6.86. The zero-order valence-electron chi connectivity index (χ0n) is 15.0. The van der Waals surface area contributed by atoms with E-state index in [2.05, 4.69) is 15.3 Å². The number of H-pyrrole nitrogens is 1. The highest BCUT2D eigenvalue weighted by Gasteiger charge is 2.19. The summed E-state index contributed by atoms with van der Waals surface area (Å²) in [7, 11) is 0. The number of nitrogens with zero attached hydrogens (tertiary/aromatic N) is 2. The summed E-state index contributed by atoms with van der Waals surface area (Å²) in [4.78, 5) is 12.9. The molecule has 0 saturated heterocycles. The fourth-order valence-corrected chi connectivity index (χ4v) is 4.20. The summed E-state index contributed by atoms with van der Waals surface area (Å²) in [6.45, 7) is 0. The molecule has 2 aromatic carbocycles. The van der Waals surface area contributed by atoms with Gasteiger partial charge in [-0.15, -0.1) is 0 Å². The molecule has 5 heteroatoms. The third-order valence-corrected chi connectivity index (χ3v) is 5.66. The first-order chi connectivity index (χ1) is 13.3. The Bertz CT molecular complexity index is 1080. The fraction of sp³-hybridized carbons (Fsp3) is 0.273. The number of aromatic amines is 1. The normalized spacial score (nSPS) is 15.4. The van der Waals surface area contributed by atoms with E-state index in [1.165, 1.54) is 32.1 Å². The third kappa shape index (κ3) is 3.15. The van der Waals surface area contributed by atoms with Gasteiger partial charge in [0, 0.05) is 22.6 Å². The van der Waals surface area contributed by atoms with E-state index in [0.717, 1.165) is 44.0 Å². The first-order valence-electron chi connectivity index (χ1n) is 9.58. The molecule has 136 valence electrons. The van der Waals surface area contributed by atoms with Crippen LogP contribution in [-0.2, 0) is 0 Å². The first kappa shape index (κ1) is 16.6. The molecule has 2 heterocycles. The summed E-state index contributed by atoms with van der Waals surface area (Å²) in [5, 5.41) is 5.57. The van der Waals surface area contributed by atoms with E-state index < -0.39 is 0 Å². The Balaban J connectivity index is 1.68.